The van der Waals surface area contributed by atoms with Crippen molar-refractivity contribution < 1.29 is 12.9 Å². The van der Waals surface area contributed by atoms with E-state index in [1.165, 1.54) is 23.1 Å². The maximum absolute atomic E-state index is 12.6. The smallest absolute Gasteiger partial charge is 0.242 e. The zero-order valence-corrected chi connectivity index (χ0v) is 15.7. The van der Waals surface area contributed by atoms with Gasteiger partial charge in [-0.1, -0.05) is 22.8 Å². The Bertz CT molecular complexity index is 1190. The normalized spacial score (nSPS) is 11.6. The fraction of sp³-hybridized carbons (Fsp3) is 0.0625. The predicted octanol–water partition coefficient (Wildman–Crippen LogP) is 1.84. The fourth-order valence-electron chi connectivity index (χ4n) is 2.36. The highest BCUT2D eigenvalue weighted by Crippen LogP contribution is 2.19. The van der Waals surface area contributed by atoms with Crippen molar-refractivity contribution in [2.75, 3.05) is 0 Å². The zero-order valence-electron chi connectivity index (χ0n) is 14.1. The fourth-order valence-corrected chi connectivity index (χ4v) is 3.50. The summed E-state index contributed by atoms with van der Waals surface area (Å²) >= 11 is 5.85. The third-order valence-electron chi connectivity index (χ3n) is 3.73. The standard InChI is InChI=1S/C16H12ClN7O3S/c17-12-6-4-11(5-7-12)16-20-15(27-21-16)9-19-28(25,26)14-3-1-2-13(8-14)24-10-18-22-23-24/h1-8,10,19H,9H2. The first kappa shape index (κ1) is 18.2. The molecule has 142 valence electrons. The molecule has 0 atom stereocenters. The summed E-state index contributed by atoms with van der Waals surface area (Å²) in [5, 5.41) is 15.2. The van der Waals surface area contributed by atoms with E-state index in [0.717, 1.165) is 0 Å². The van der Waals surface area contributed by atoms with Crippen molar-refractivity contribution in [3.63, 3.8) is 0 Å². The number of sulfonamides is 1. The van der Waals surface area contributed by atoms with Crippen molar-refractivity contribution >= 4 is 21.6 Å². The number of halogens is 1. The number of benzene rings is 2. The van der Waals surface area contributed by atoms with Crippen LogP contribution in [0, 0.1) is 0 Å². The van der Waals surface area contributed by atoms with Crippen LogP contribution in [0.3, 0.4) is 0 Å². The predicted molar refractivity (Wildman–Crippen MR) is 97.9 cm³/mol. The van der Waals surface area contributed by atoms with Gasteiger partial charge < -0.3 is 4.52 Å². The van der Waals surface area contributed by atoms with Gasteiger partial charge in [0.05, 0.1) is 17.1 Å². The van der Waals surface area contributed by atoms with Gasteiger partial charge in [0.1, 0.15) is 6.33 Å². The van der Waals surface area contributed by atoms with Gasteiger partial charge in [0.2, 0.25) is 21.7 Å². The van der Waals surface area contributed by atoms with Crippen LogP contribution in [0.15, 0.2) is 64.3 Å². The summed E-state index contributed by atoms with van der Waals surface area (Å²) in [5.41, 5.74) is 1.21. The summed E-state index contributed by atoms with van der Waals surface area (Å²) in [4.78, 5) is 4.24. The van der Waals surface area contributed by atoms with Crippen LogP contribution in [0.5, 0.6) is 0 Å². The van der Waals surface area contributed by atoms with Gasteiger partial charge in [0, 0.05) is 10.6 Å². The Morgan fingerprint density at radius 3 is 2.71 bits per heavy atom. The monoisotopic (exact) mass is 417 g/mol. The summed E-state index contributed by atoms with van der Waals surface area (Å²) < 4.78 is 34.0. The summed E-state index contributed by atoms with van der Waals surface area (Å²) in [7, 11) is -3.81. The van der Waals surface area contributed by atoms with Crippen LogP contribution in [0.4, 0.5) is 0 Å². The Hall–Kier alpha value is -3.15. The molecule has 0 bridgehead atoms. The zero-order chi connectivity index (χ0) is 19.6. The molecule has 0 spiro atoms. The largest absolute Gasteiger partial charge is 0.338 e. The van der Waals surface area contributed by atoms with Gasteiger partial charge in [-0.25, -0.2) is 17.8 Å². The molecule has 2 aromatic carbocycles. The first-order chi connectivity index (χ1) is 13.5. The van der Waals surface area contributed by atoms with E-state index in [1.807, 2.05) is 0 Å². The van der Waals surface area contributed by atoms with Crippen LogP contribution in [-0.4, -0.2) is 38.8 Å². The Kier molecular flexibility index (Phi) is 4.86. The molecule has 12 heteroatoms. The highest BCUT2D eigenvalue weighted by atomic mass is 35.5. The quantitative estimate of drug-likeness (QED) is 0.503. The van der Waals surface area contributed by atoms with Crippen LogP contribution in [-0.2, 0) is 16.6 Å². The molecule has 0 saturated heterocycles. The number of tetrazole rings is 1. The molecule has 4 rings (SSSR count). The van der Waals surface area contributed by atoms with E-state index in [-0.39, 0.29) is 17.3 Å². The molecule has 2 heterocycles. The van der Waals surface area contributed by atoms with E-state index >= 15 is 0 Å². The molecular weight excluding hydrogens is 406 g/mol. The minimum Gasteiger partial charge on any atom is -0.338 e. The lowest BCUT2D eigenvalue weighted by Gasteiger charge is -2.06. The van der Waals surface area contributed by atoms with Gasteiger partial charge in [-0.05, 0) is 52.9 Å². The SMILES string of the molecule is O=S(=O)(NCc1nc(-c2ccc(Cl)cc2)no1)c1cccc(-n2cnnn2)c1. The number of nitrogens with one attached hydrogen (secondary N) is 1. The molecule has 0 amide bonds. The van der Waals surface area contributed by atoms with Gasteiger partial charge in [-0.2, -0.15) is 4.98 Å². The average molecular weight is 418 g/mol. The minimum absolute atomic E-state index is 0.0536. The van der Waals surface area contributed by atoms with E-state index in [2.05, 4.69) is 30.4 Å². The van der Waals surface area contributed by atoms with Crippen LogP contribution >= 0.6 is 11.6 Å². The lowest BCUT2D eigenvalue weighted by Crippen LogP contribution is -2.23. The number of nitrogens with zero attached hydrogens (tertiary/aromatic N) is 6. The van der Waals surface area contributed by atoms with Gasteiger partial charge in [-0.3, -0.25) is 0 Å². The first-order valence-corrected chi connectivity index (χ1v) is 9.79. The summed E-state index contributed by atoms with van der Waals surface area (Å²) in [6, 6.07) is 13.1. The molecule has 0 aliphatic heterocycles. The van der Waals surface area contributed by atoms with E-state index in [9.17, 15) is 8.42 Å². The van der Waals surface area contributed by atoms with Crippen molar-refractivity contribution in [2.24, 2.45) is 0 Å². The highest BCUT2D eigenvalue weighted by molar-refractivity contribution is 7.89. The van der Waals surface area contributed by atoms with Crippen LogP contribution in [0.25, 0.3) is 17.1 Å². The van der Waals surface area contributed by atoms with Gasteiger partial charge >= 0.3 is 0 Å². The molecule has 0 saturated carbocycles. The van der Waals surface area contributed by atoms with Crippen LogP contribution in [0.1, 0.15) is 5.89 Å². The first-order valence-electron chi connectivity index (χ1n) is 7.93. The molecular formula is C16H12ClN7O3S. The van der Waals surface area contributed by atoms with E-state index in [0.29, 0.717) is 22.1 Å². The van der Waals surface area contributed by atoms with Crippen molar-refractivity contribution in [3.8, 4) is 17.1 Å². The molecule has 0 unspecified atom stereocenters. The van der Waals surface area contributed by atoms with E-state index in [4.69, 9.17) is 16.1 Å². The lowest BCUT2D eigenvalue weighted by atomic mass is 10.2. The van der Waals surface area contributed by atoms with Crippen molar-refractivity contribution in [1.82, 2.24) is 35.1 Å². The maximum atomic E-state index is 12.6. The topological polar surface area (TPSA) is 129 Å². The Balaban J connectivity index is 1.49. The van der Waals surface area contributed by atoms with Crippen molar-refractivity contribution in [3.05, 3.63) is 65.8 Å². The third kappa shape index (κ3) is 3.91. The number of hydrogen-bond donors (Lipinski definition) is 1. The number of rotatable bonds is 6. The van der Waals surface area contributed by atoms with Crippen molar-refractivity contribution in [1.29, 1.82) is 0 Å². The Morgan fingerprint density at radius 2 is 1.96 bits per heavy atom. The molecule has 0 radical (unpaired) electrons. The summed E-state index contributed by atoms with van der Waals surface area (Å²) in [6.07, 6.45) is 1.37. The molecule has 0 fully saturated rings. The Labute approximate surface area is 164 Å². The van der Waals surface area contributed by atoms with Gasteiger partial charge in [-0.15, -0.1) is 5.10 Å². The average Bonchev–Trinajstić information content (AvgIpc) is 3.39. The lowest BCUT2D eigenvalue weighted by molar-refractivity contribution is 0.376. The molecule has 28 heavy (non-hydrogen) atoms. The molecule has 10 nitrogen and oxygen atoms in total. The maximum Gasteiger partial charge on any atom is 0.242 e. The third-order valence-corrected chi connectivity index (χ3v) is 5.38. The second kappa shape index (κ2) is 7.46. The second-order valence-corrected chi connectivity index (χ2v) is 7.80. The van der Waals surface area contributed by atoms with Crippen LogP contribution < -0.4 is 4.72 Å². The second-order valence-electron chi connectivity index (χ2n) is 5.59. The highest BCUT2D eigenvalue weighted by Gasteiger charge is 2.17. The van der Waals surface area contributed by atoms with Gasteiger partial charge in [0.15, 0.2) is 0 Å². The summed E-state index contributed by atoms with van der Waals surface area (Å²) in [6.45, 7) is -0.155. The van der Waals surface area contributed by atoms with Gasteiger partial charge in [0.25, 0.3) is 0 Å². The van der Waals surface area contributed by atoms with E-state index in [1.54, 1.807) is 36.4 Å². The Morgan fingerprint density at radius 1 is 1.14 bits per heavy atom. The summed E-state index contributed by atoms with van der Waals surface area (Å²) in [5.74, 6) is 0.469. The van der Waals surface area contributed by atoms with E-state index < -0.39 is 10.0 Å². The molecule has 2 aromatic heterocycles. The number of aromatic nitrogens is 6. The van der Waals surface area contributed by atoms with Crippen molar-refractivity contribution in [2.45, 2.75) is 11.4 Å². The molecule has 0 aliphatic carbocycles. The molecule has 1 N–H and O–H groups in total. The molecule has 0 aliphatic rings. The number of hydrogen-bond acceptors (Lipinski definition) is 8. The molecule has 4 aromatic rings. The minimum atomic E-state index is -3.81. The van der Waals surface area contributed by atoms with Crippen LogP contribution in [0.2, 0.25) is 5.02 Å².